The molecule has 18 heavy (non-hydrogen) atoms. The van der Waals surface area contributed by atoms with Crippen LogP contribution < -0.4 is 0 Å². The van der Waals surface area contributed by atoms with Crippen LogP contribution in [0.4, 0.5) is 0 Å². The highest BCUT2D eigenvalue weighted by Gasteiger charge is 2.35. The molecule has 2 saturated carbocycles. The second-order valence-corrected chi connectivity index (χ2v) is 6.40. The first-order chi connectivity index (χ1) is 8.61. The van der Waals surface area contributed by atoms with Gasteiger partial charge in [-0.25, -0.2) is 0 Å². The molecular formula is C15H27NO2. The first kappa shape index (κ1) is 14.0. The molecule has 3 atom stereocenters. The average molecular weight is 253 g/mol. The first-order valence-corrected chi connectivity index (χ1v) is 7.49. The molecule has 1 N–H and O–H groups in total. The topological polar surface area (TPSA) is 40.5 Å². The lowest BCUT2D eigenvalue weighted by Gasteiger charge is -2.41. The van der Waals surface area contributed by atoms with E-state index < -0.39 is 0 Å². The Labute approximate surface area is 111 Å². The fourth-order valence-corrected chi connectivity index (χ4v) is 3.53. The third-order valence-corrected chi connectivity index (χ3v) is 4.83. The summed E-state index contributed by atoms with van der Waals surface area (Å²) < 4.78 is 0. The smallest absolute Gasteiger partial charge is 0.137 e. The lowest BCUT2D eigenvalue weighted by molar-refractivity contribution is -0.129. The Hall–Kier alpha value is -0.410. The number of hydrogen-bond acceptors (Lipinski definition) is 3. The fraction of sp³-hybridized carbons (Fsp3) is 0.933. The summed E-state index contributed by atoms with van der Waals surface area (Å²) in [5, 5.41) is 9.18. The van der Waals surface area contributed by atoms with E-state index in [0.717, 1.165) is 19.5 Å². The monoisotopic (exact) mass is 253 g/mol. The van der Waals surface area contributed by atoms with Crippen molar-refractivity contribution in [1.82, 2.24) is 4.90 Å². The molecule has 2 aliphatic rings. The highest BCUT2D eigenvalue weighted by molar-refractivity contribution is 5.82. The number of rotatable bonds is 5. The van der Waals surface area contributed by atoms with Crippen molar-refractivity contribution in [3.8, 4) is 0 Å². The normalized spacial score (nSPS) is 33.8. The number of aliphatic hydroxyl groups excluding tert-OH is 1. The number of Topliss-reactive ketones (excluding diaryl/α,β-unsaturated/α-hetero) is 1. The van der Waals surface area contributed by atoms with E-state index >= 15 is 0 Å². The van der Waals surface area contributed by atoms with Crippen molar-refractivity contribution in [2.75, 3.05) is 19.7 Å². The molecule has 0 radical (unpaired) electrons. The molecule has 3 unspecified atom stereocenters. The summed E-state index contributed by atoms with van der Waals surface area (Å²) in [7, 11) is 0. The molecule has 0 aromatic carbocycles. The summed E-state index contributed by atoms with van der Waals surface area (Å²) in [6, 6.07) is 0.622. The number of hydrogen-bond donors (Lipinski definition) is 1. The van der Waals surface area contributed by atoms with Gasteiger partial charge in [-0.15, -0.1) is 0 Å². The molecule has 2 aliphatic carbocycles. The van der Waals surface area contributed by atoms with Crippen molar-refractivity contribution in [3.63, 3.8) is 0 Å². The van der Waals surface area contributed by atoms with E-state index in [9.17, 15) is 9.90 Å². The van der Waals surface area contributed by atoms with Crippen LogP contribution in [0.25, 0.3) is 0 Å². The number of carbonyl (C=O) groups excluding carboxylic acids is 1. The zero-order valence-electron chi connectivity index (χ0n) is 11.8. The third-order valence-electron chi connectivity index (χ3n) is 4.83. The van der Waals surface area contributed by atoms with Crippen molar-refractivity contribution in [2.24, 2.45) is 17.8 Å². The Morgan fingerprint density at radius 1 is 1.33 bits per heavy atom. The standard InChI is InChI=1S/C15H27NO2/c1-11-8-12(2)14(15(18)9-11)10-16(6-7-17)13-4-3-5-13/h11-14,17H,3-10H2,1-2H3. The van der Waals surface area contributed by atoms with Gasteiger partial charge in [0, 0.05) is 31.5 Å². The Morgan fingerprint density at radius 3 is 2.56 bits per heavy atom. The molecular weight excluding hydrogens is 226 g/mol. The van der Waals surface area contributed by atoms with E-state index in [2.05, 4.69) is 18.7 Å². The zero-order chi connectivity index (χ0) is 13.1. The van der Waals surface area contributed by atoms with Crippen LogP contribution in [0.1, 0.15) is 46.0 Å². The minimum absolute atomic E-state index is 0.202. The molecule has 3 heteroatoms. The van der Waals surface area contributed by atoms with Crippen LogP contribution in [0.15, 0.2) is 0 Å². The molecule has 0 aromatic heterocycles. The summed E-state index contributed by atoms with van der Waals surface area (Å²) in [6.45, 7) is 6.22. The zero-order valence-corrected chi connectivity index (χ0v) is 11.8. The van der Waals surface area contributed by atoms with E-state index in [1.807, 2.05) is 0 Å². The highest BCUT2D eigenvalue weighted by Crippen LogP contribution is 2.33. The Balaban J connectivity index is 1.94. The summed E-state index contributed by atoms with van der Waals surface area (Å²) >= 11 is 0. The van der Waals surface area contributed by atoms with Gasteiger partial charge in [0.1, 0.15) is 5.78 Å². The second kappa shape index (κ2) is 6.16. The first-order valence-electron chi connectivity index (χ1n) is 7.49. The lowest BCUT2D eigenvalue weighted by atomic mass is 9.74. The van der Waals surface area contributed by atoms with E-state index in [0.29, 0.717) is 23.7 Å². The van der Waals surface area contributed by atoms with Crippen LogP contribution >= 0.6 is 0 Å². The van der Waals surface area contributed by atoms with Crippen LogP contribution in [0.5, 0.6) is 0 Å². The molecule has 0 bridgehead atoms. The molecule has 3 nitrogen and oxygen atoms in total. The molecule has 0 spiro atoms. The molecule has 0 aromatic rings. The predicted molar refractivity (Wildman–Crippen MR) is 72.4 cm³/mol. The maximum Gasteiger partial charge on any atom is 0.137 e. The van der Waals surface area contributed by atoms with Gasteiger partial charge in [0.2, 0.25) is 0 Å². The van der Waals surface area contributed by atoms with Crippen LogP contribution in [-0.4, -0.2) is 41.5 Å². The van der Waals surface area contributed by atoms with Gasteiger partial charge < -0.3 is 5.11 Å². The maximum absolute atomic E-state index is 12.2. The Bertz CT molecular complexity index is 288. The van der Waals surface area contributed by atoms with Crippen molar-refractivity contribution in [1.29, 1.82) is 0 Å². The number of ketones is 1. The Kier molecular flexibility index (Phi) is 4.79. The van der Waals surface area contributed by atoms with E-state index in [1.165, 1.54) is 25.7 Å². The molecule has 0 heterocycles. The van der Waals surface area contributed by atoms with Crippen molar-refractivity contribution in [3.05, 3.63) is 0 Å². The lowest BCUT2D eigenvalue weighted by Crippen LogP contribution is -2.48. The number of nitrogens with zero attached hydrogens (tertiary/aromatic N) is 1. The summed E-state index contributed by atoms with van der Waals surface area (Å²) in [5.41, 5.74) is 0. The predicted octanol–water partition coefficient (Wildman–Crippen LogP) is 2.08. The van der Waals surface area contributed by atoms with Gasteiger partial charge in [-0.1, -0.05) is 20.3 Å². The minimum Gasteiger partial charge on any atom is -0.395 e. The molecule has 0 amide bonds. The molecule has 0 aliphatic heterocycles. The summed E-state index contributed by atoms with van der Waals surface area (Å²) in [6.07, 6.45) is 5.72. The van der Waals surface area contributed by atoms with Crippen molar-refractivity contribution in [2.45, 2.75) is 52.0 Å². The second-order valence-electron chi connectivity index (χ2n) is 6.40. The van der Waals surface area contributed by atoms with Gasteiger partial charge in [-0.3, -0.25) is 9.69 Å². The fourth-order valence-electron chi connectivity index (χ4n) is 3.53. The largest absolute Gasteiger partial charge is 0.395 e. The van der Waals surface area contributed by atoms with Gasteiger partial charge in [0.25, 0.3) is 0 Å². The molecule has 104 valence electrons. The summed E-state index contributed by atoms with van der Waals surface area (Å²) in [5.74, 6) is 1.71. The number of carbonyl (C=O) groups is 1. The van der Waals surface area contributed by atoms with E-state index in [1.54, 1.807) is 0 Å². The summed E-state index contributed by atoms with van der Waals surface area (Å²) in [4.78, 5) is 14.6. The van der Waals surface area contributed by atoms with Crippen molar-refractivity contribution >= 4 is 5.78 Å². The third kappa shape index (κ3) is 3.12. The van der Waals surface area contributed by atoms with Crippen molar-refractivity contribution < 1.29 is 9.90 Å². The molecule has 0 saturated heterocycles. The van der Waals surface area contributed by atoms with E-state index in [-0.39, 0.29) is 12.5 Å². The van der Waals surface area contributed by atoms with Gasteiger partial charge in [0.05, 0.1) is 6.61 Å². The number of aliphatic hydroxyl groups is 1. The van der Waals surface area contributed by atoms with Crippen LogP contribution in [-0.2, 0) is 4.79 Å². The van der Waals surface area contributed by atoms with Gasteiger partial charge >= 0.3 is 0 Å². The SMILES string of the molecule is CC1CC(=O)C(CN(CCO)C2CCC2)C(C)C1. The maximum atomic E-state index is 12.2. The molecule has 2 fully saturated rings. The highest BCUT2D eigenvalue weighted by atomic mass is 16.3. The Morgan fingerprint density at radius 2 is 2.06 bits per heavy atom. The van der Waals surface area contributed by atoms with Crippen LogP contribution in [0.2, 0.25) is 0 Å². The quantitative estimate of drug-likeness (QED) is 0.815. The van der Waals surface area contributed by atoms with Crippen LogP contribution in [0, 0.1) is 17.8 Å². The molecule has 2 rings (SSSR count). The van der Waals surface area contributed by atoms with Gasteiger partial charge in [-0.2, -0.15) is 0 Å². The van der Waals surface area contributed by atoms with Gasteiger partial charge in [0.15, 0.2) is 0 Å². The van der Waals surface area contributed by atoms with E-state index in [4.69, 9.17) is 0 Å². The van der Waals surface area contributed by atoms with Gasteiger partial charge in [-0.05, 0) is 31.1 Å². The van der Waals surface area contributed by atoms with Crippen LogP contribution in [0.3, 0.4) is 0 Å². The average Bonchev–Trinajstić information content (AvgIpc) is 2.20. The minimum atomic E-state index is 0.202.